The van der Waals surface area contributed by atoms with Crippen molar-refractivity contribution in [2.45, 2.75) is 43.9 Å². The number of nitrogens with zero attached hydrogens (tertiary/aromatic N) is 5. The first-order valence-corrected chi connectivity index (χ1v) is 25.5. The molecular formula is C68H47N5O. The third-order valence-corrected chi connectivity index (χ3v) is 16.4. The zero-order valence-corrected chi connectivity index (χ0v) is 41.4. The van der Waals surface area contributed by atoms with Crippen molar-refractivity contribution in [3.05, 3.63) is 257 Å². The summed E-state index contributed by atoms with van der Waals surface area (Å²) in [5, 5.41) is 0.949. The molecule has 0 fully saturated rings. The van der Waals surface area contributed by atoms with Crippen LogP contribution in [0.15, 0.2) is 217 Å². The lowest BCUT2D eigenvalue weighted by Crippen LogP contribution is -2.40. The first-order chi connectivity index (χ1) is 36.2. The summed E-state index contributed by atoms with van der Waals surface area (Å²) in [6, 6.07) is 75.9. The van der Waals surface area contributed by atoms with E-state index in [2.05, 4.69) is 191 Å². The molecule has 0 atom stereocenters. The van der Waals surface area contributed by atoms with Gasteiger partial charge >= 0.3 is 0 Å². The van der Waals surface area contributed by atoms with Crippen molar-refractivity contribution in [1.29, 1.82) is 0 Å². The van der Waals surface area contributed by atoms with Crippen LogP contribution in [0.5, 0.6) is 0 Å². The number of aromatic nitrogens is 5. The maximum absolute atomic E-state index is 6.74. The monoisotopic (exact) mass is 949 g/mol. The number of para-hydroxylation sites is 1. The Balaban J connectivity index is 1.01. The molecule has 0 saturated heterocycles. The van der Waals surface area contributed by atoms with Gasteiger partial charge in [0.15, 0.2) is 28.9 Å². The third-order valence-electron chi connectivity index (χ3n) is 16.4. The second kappa shape index (κ2) is 15.4. The maximum atomic E-state index is 6.74. The van der Waals surface area contributed by atoms with Crippen molar-refractivity contribution in [3.8, 4) is 79.1 Å². The largest absolute Gasteiger partial charge is 0.452 e. The quantitative estimate of drug-likeness (QED) is 0.171. The SMILES string of the molecule is CC1(C)c2ccccc2-c2ccc(-c3nc(-c4ccc5c(c4)-c4c(-c6nc(-c7ccccc7)nc(-c7ccccc7)n6)cccc4C54c5ccccc5C(C)(C)c5ccccc54)nc4c3oc3ccccc34)cc21. The highest BCUT2D eigenvalue weighted by Gasteiger charge is 2.54. The standard InChI is InChI=1S/C68H47N5O/c1-66(2)49-27-13-11-24-44(49)45-36-34-42(39-56(45)66)59-61-60(46-25-12-18-33-57(46)74-61)70-64(69-59)43-35-37-50-48(38-43)58-47(65-72-62(40-20-7-5-8-21-40)71-63(73-65)41-22-9-6-10-23-41)26-19-32-55(58)68(50)53-30-16-14-28-51(53)67(3,4)52-29-15-17-31-54(52)68/h5-39H,1-4H3. The topological polar surface area (TPSA) is 77.6 Å². The fraction of sp³-hybridized carbons (Fsp3) is 0.103. The second-order valence-corrected chi connectivity index (χ2v) is 21.1. The minimum Gasteiger partial charge on any atom is -0.452 e. The van der Waals surface area contributed by atoms with Crippen LogP contribution in [-0.2, 0) is 16.2 Å². The van der Waals surface area contributed by atoms with Crippen LogP contribution in [0, 0.1) is 0 Å². The molecule has 3 heterocycles. The number of fused-ring (bicyclic) bond motifs is 15. The summed E-state index contributed by atoms with van der Waals surface area (Å²) in [5.74, 6) is 2.45. The van der Waals surface area contributed by atoms with Crippen molar-refractivity contribution in [2.75, 3.05) is 0 Å². The van der Waals surface area contributed by atoms with E-state index in [1.165, 1.54) is 55.6 Å². The first-order valence-electron chi connectivity index (χ1n) is 25.5. The van der Waals surface area contributed by atoms with Gasteiger partial charge in [-0.15, -0.1) is 0 Å². The molecule has 350 valence electrons. The molecule has 0 bridgehead atoms. The minimum absolute atomic E-state index is 0.195. The van der Waals surface area contributed by atoms with E-state index in [9.17, 15) is 0 Å². The highest BCUT2D eigenvalue weighted by Crippen LogP contribution is 2.64. The zero-order chi connectivity index (χ0) is 49.5. The van der Waals surface area contributed by atoms with Crippen LogP contribution < -0.4 is 0 Å². The van der Waals surface area contributed by atoms with Gasteiger partial charge < -0.3 is 4.42 Å². The molecule has 6 heteroatoms. The highest BCUT2D eigenvalue weighted by molar-refractivity contribution is 6.07. The smallest absolute Gasteiger partial charge is 0.180 e. The Morgan fingerprint density at radius 1 is 0.324 bits per heavy atom. The van der Waals surface area contributed by atoms with Crippen molar-refractivity contribution >= 4 is 22.1 Å². The summed E-state index contributed by atoms with van der Waals surface area (Å²) in [6.45, 7) is 9.36. The first kappa shape index (κ1) is 42.5. The average Bonchev–Trinajstić information content (AvgIpc) is 4.08. The Morgan fingerprint density at radius 2 is 0.851 bits per heavy atom. The molecule has 3 aliphatic rings. The summed E-state index contributed by atoms with van der Waals surface area (Å²) >= 11 is 0. The molecule has 0 unspecified atom stereocenters. The molecule has 9 aromatic carbocycles. The minimum atomic E-state index is -0.676. The van der Waals surface area contributed by atoms with Gasteiger partial charge in [0, 0.05) is 44.0 Å². The van der Waals surface area contributed by atoms with Crippen LogP contribution in [-0.4, -0.2) is 24.9 Å². The lowest BCUT2D eigenvalue weighted by molar-refractivity contribution is 0.563. The summed E-state index contributed by atoms with van der Waals surface area (Å²) < 4.78 is 6.74. The second-order valence-electron chi connectivity index (χ2n) is 21.1. The predicted molar refractivity (Wildman–Crippen MR) is 297 cm³/mol. The molecule has 3 aromatic heterocycles. The lowest BCUT2D eigenvalue weighted by Gasteiger charge is -2.46. The van der Waals surface area contributed by atoms with Crippen molar-refractivity contribution < 1.29 is 4.42 Å². The van der Waals surface area contributed by atoms with E-state index in [-0.39, 0.29) is 10.8 Å². The van der Waals surface area contributed by atoms with Gasteiger partial charge in [-0.1, -0.05) is 216 Å². The molecule has 15 rings (SSSR count). The van der Waals surface area contributed by atoms with Gasteiger partial charge in [-0.05, 0) is 91.0 Å². The molecule has 0 amide bonds. The number of hydrogen-bond donors (Lipinski definition) is 0. The van der Waals surface area contributed by atoms with Gasteiger partial charge in [0.2, 0.25) is 0 Å². The number of rotatable bonds is 5. The van der Waals surface area contributed by atoms with E-state index >= 15 is 0 Å². The van der Waals surface area contributed by atoms with Crippen LogP contribution in [0.4, 0.5) is 0 Å². The molecule has 0 N–H and O–H groups in total. The Hall–Kier alpha value is -9.13. The molecule has 6 nitrogen and oxygen atoms in total. The Bertz CT molecular complexity index is 4210. The molecule has 0 radical (unpaired) electrons. The average molecular weight is 950 g/mol. The number of furan rings is 1. The Morgan fingerprint density at radius 3 is 1.55 bits per heavy atom. The summed E-state index contributed by atoms with van der Waals surface area (Å²) in [4.78, 5) is 26.9. The maximum Gasteiger partial charge on any atom is 0.180 e. The normalized spacial score (nSPS) is 14.8. The Labute approximate surface area is 429 Å². The van der Waals surface area contributed by atoms with Crippen LogP contribution >= 0.6 is 0 Å². The summed E-state index contributed by atoms with van der Waals surface area (Å²) in [7, 11) is 0. The van der Waals surface area contributed by atoms with E-state index < -0.39 is 5.41 Å². The van der Waals surface area contributed by atoms with E-state index in [0.29, 0.717) is 28.9 Å². The van der Waals surface area contributed by atoms with E-state index in [4.69, 9.17) is 29.3 Å². The van der Waals surface area contributed by atoms with Gasteiger partial charge in [0.1, 0.15) is 16.8 Å². The van der Waals surface area contributed by atoms with Crippen LogP contribution in [0.2, 0.25) is 0 Å². The molecule has 74 heavy (non-hydrogen) atoms. The van der Waals surface area contributed by atoms with Gasteiger partial charge in [-0.2, -0.15) is 0 Å². The molecule has 3 aliphatic carbocycles. The summed E-state index contributed by atoms with van der Waals surface area (Å²) in [5.41, 5.74) is 21.3. The van der Waals surface area contributed by atoms with Gasteiger partial charge in [-0.25, -0.2) is 24.9 Å². The number of hydrogen-bond acceptors (Lipinski definition) is 6. The van der Waals surface area contributed by atoms with E-state index in [1.807, 2.05) is 48.5 Å². The molecule has 1 spiro atoms. The van der Waals surface area contributed by atoms with E-state index in [1.54, 1.807) is 0 Å². The third kappa shape index (κ3) is 5.85. The van der Waals surface area contributed by atoms with Crippen molar-refractivity contribution in [1.82, 2.24) is 24.9 Å². The lowest BCUT2D eigenvalue weighted by atomic mass is 9.55. The van der Waals surface area contributed by atoms with Crippen LogP contribution in [0.3, 0.4) is 0 Å². The fourth-order valence-electron chi connectivity index (χ4n) is 13.0. The molecule has 0 aliphatic heterocycles. The van der Waals surface area contributed by atoms with Crippen molar-refractivity contribution in [2.24, 2.45) is 0 Å². The Kier molecular flexibility index (Phi) is 8.88. The zero-order valence-electron chi connectivity index (χ0n) is 41.4. The highest BCUT2D eigenvalue weighted by atomic mass is 16.3. The van der Waals surface area contributed by atoms with Gasteiger partial charge in [0.25, 0.3) is 0 Å². The molecule has 12 aromatic rings. The fourth-order valence-corrected chi connectivity index (χ4v) is 13.0. The summed E-state index contributed by atoms with van der Waals surface area (Å²) in [6.07, 6.45) is 0. The van der Waals surface area contributed by atoms with E-state index in [0.717, 1.165) is 61.1 Å². The molecule has 0 saturated carbocycles. The van der Waals surface area contributed by atoms with Gasteiger partial charge in [0.05, 0.1) is 5.41 Å². The van der Waals surface area contributed by atoms with Crippen molar-refractivity contribution in [3.63, 3.8) is 0 Å². The van der Waals surface area contributed by atoms with Gasteiger partial charge in [-0.3, -0.25) is 0 Å². The number of benzene rings is 9. The van der Waals surface area contributed by atoms with Crippen LogP contribution in [0.1, 0.15) is 72.2 Å². The van der Waals surface area contributed by atoms with Crippen LogP contribution in [0.25, 0.3) is 101 Å². The predicted octanol–water partition coefficient (Wildman–Crippen LogP) is 16.2. The molecular weight excluding hydrogens is 903 g/mol.